The van der Waals surface area contributed by atoms with Gasteiger partial charge in [0.25, 0.3) is 5.91 Å². The number of methoxy groups -OCH3 is 1. The number of hydrazone groups is 1. The van der Waals surface area contributed by atoms with Gasteiger partial charge in [-0.1, -0.05) is 74.5 Å². The summed E-state index contributed by atoms with van der Waals surface area (Å²) in [6, 6.07) is 23.9. The highest BCUT2D eigenvalue weighted by Crippen LogP contribution is 2.29. The number of aryl methyl sites for hydroxylation is 1. The van der Waals surface area contributed by atoms with E-state index in [9.17, 15) is 4.79 Å². The van der Waals surface area contributed by atoms with Crippen LogP contribution in [0.1, 0.15) is 37.5 Å². The van der Waals surface area contributed by atoms with Crippen LogP contribution in [0.4, 0.5) is 0 Å². The zero-order valence-electron chi connectivity index (χ0n) is 21.7. The van der Waals surface area contributed by atoms with E-state index in [0.717, 1.165) is 28.1 Å². The molecule has 37 heavy (non-hydrogen) atoms. The molecule has 190 valence electrons. The van der Waals surface area contributed by atoms with Gasteiger partial charge in [0.2, 0.25) is 0 Å². The Bertz CT molecular complexity index is 1370. The normalized spacial score (nSPS) is 11.6. The highest BCUT2D eigenvalue weighted by Gasteiger charge is 2.17. The molecule has 1 aromatic heterocycles. The van der Waals surface area contributed by atoms with Gasteiger partial charge in [-0.05, 0) is 59.9 Å². The summed E-state index contributed by atoms with van der Waals surface area (Å²) in [7, 11) is 1.64. The topological polar surface area (TPSA) is 81.4 Å². The lowest BCUT2D eigenvalue weighted by atomic mass is 9.87. The summed E-state index contributed by atoms with van der Waals surface area (Å²) in [5, 5.41) is 13.6. The molecule has 0 radical (unpaired) electrons. The highest BCUT2D eigenvalue weighted by atomic mass is 32.2. The van der Waals surface area contributed by atoms with Crippen molar-refractivity contribution in [2.45, 2.75) is 38.3 Å². The van der Waals surface area contributed by atoms with Crippen LogP contribution in [-0.4, -0.2) is 39.7 Å². The smallest absolute Gasteiger partial charge is 0.250 e. The molecule has 1 amide bonds. The first kappa shape index (κ1) is 26.2. The Hall–Kier alpha value is -3.91. The third kappa shape index (κ3) is 6.65. The number of ether oxygens (including phenoxy) is 1. The van der Waals surface area contributed by atoms with Crippen molar-refractivity contribution in [2.75, 3.05) is 12.9 Å². The number of thioether (sulfide) groups is 1. The van der Waals surface area contributed by atoms with Crippen LogP contribution in [0, 0.1) is 6.92 Å². The number of nitrogens with one attached hydrogen (secondary N) is 1. The molecule has 0 saturated carbocycles. The average molecular weight is 514 g/mol. The lowest BCUT2D eigenvalue weighted by molar-refractivity contribution is -0.118. The minimum Gasteiger partial charge on any atom is -0.497 e. The van der Waals surface area contributed by atoms with Gasteiger partial charge < -0.3 is 4.74 Å². The van der Waals surface area contributed by atoms with E-state index in [1.165, 1.54) is 17.3 Å². The molecule has 0 aliphatic carbocycles. The quantitative estimate of drug-likeness (QED) is 0.183. The molecular formula is C29H31N5O2S. The van der Waals surface area contributed by atoms with Crippen LogP contribution >= 0.6 is 11.8 Å². The van der Waals surface area contributed by atoms with Gasteiger partial charge in [-0.3, -0.25) is 9.36 Å². The van der Waals surface area contributed by atoms with Crippen LogP contribution in [-0.2, 0) is 10.2 Å². The predicted octanol–water partition coefficient (Wildman–Crippen LogP) is 5.79. The first-order chi connectivity index (χ1) is 17.7. The third-order valence-corrected chi connectivity index (χ3v) is 6.71. The Balaban J connectivity index is 1.46. The van der Waals surface area contributed by atoms with E-state index in [0.29, 0.717) is 11.0 Å². The van der Waals surface area contributed by atoms with Crippen molar-refractivity contribution in [1.82, 2.24) is 20.2 Å². The minimum absolute atomic E-state index is 0.0908. The summed E-state index contributed by atoms with van der Waals surface area (Å²) < 4.78 is 7.24. The van der Waals surface area contributed by atoms with Crippen LogP contribution in [0.25, 0.3) is 17.1 Å². The zero-order chi connectivity index (χ0) is 26.4. The van der Waals surface area contributed by atoms with Crippen molar-refractivity contribution in [3.05, 3.63) is 89.5 Å². The minimum atomic E-state index is -0.225. The molecule has 4 aromatic rings. The second kappa shape index (κ2) is 11.4. The Labute approximate surface area is 222 Å². The van der Waals surface area contributed by atoms with E-state index < -0.39 is 0 Å². The molecule has 1 heterocycles. The number of carbonyl (C=O) groups is 1. The van der Waals surface area contributed by atoms with Gasteiger partial charge in [-0.25, -0.2) is 5.43 Å². The van der Waals surface area contributed by atoms with E-state index in [2.05, 4.69) is 53.6 Å². The summed E-state index contributed by atoms with van der Waals surface area (Å²) in [6.45, 7) is 8.56. The Morgan fingerprint density at radius 2 is 1.68 bits per heavy atom. The van der Waals surface area contributed by atoms with Crippen molar-refractivity contribution in [3.8, 4) is 22.8 Å². The molecule has 0 spiro atoms. The molecule has 8 heteroatoms. The molecule has 0 bridgehead atoms. The largest absolute Gasteiger partial charge is 0.497 e. The summed E-state index contributed by atoms with van der Waals surface area (Å²) in [5.41, 5.74) is 7.83. The van der Waals surface area contributed by atoms with Crippen LogP contribution in [0.5, 0.6) is 5.75 Å². The number of hydrogen-bond acceptors (Lipinski definition) is 6. The van der Waals surface area contributed by atoms with Gasteiger partial charge in [0.05, 0.1) is 19.1 Å². The van der Waals surface area contributed by atoms with Crippen LogP contribution < -0.4 is 10.2 Å². The molecule has 4 rings (SSSR count). The van der Waals surface area contributed by atoms with Gasteiger partial charge >= 0.3 is 0 Å². The summed E-state index contributed by atoms with van der Waals surface area (Å²) >= 11 is 1.31. The standard InChI is InChI=1S/C29H31N5O2S/c1-20-6-14-24(15-7-20)34-27(22-10-16-25(36-5)17-11-22)32-33-28(34)37-19-26(35)31-30-18-21-8-12-23(13-9-21)29(2,3)4/h6-18H,19H2,1-5H3,(H,31,35)/b30-18-. The van der Waals surface area contributed by atoms with Gasteiger partial charge in [-0.2, -0.15) is 5.10 Å². The molecule has 0 atom stereocenters. The number of amides is 1. The number of rotatable bonds is 8. The van der Waals surface area contributed by atoms with Gasteiger partial charge in [0.15, 0.2) is 11.0 Å². The first-order valence-electron chi connectivity index (χ1n) is 12.0. The molecular weight excluding hydrogens is 482 g/mol. The lowest BCUT2D eigenvalue weighted by Crippen LogP contribution is -2.20. The van der Waals surface area contributed by atoms with Crippen molar-refractivity contribution < 1.29 is 9.53 Å². The molecule has 1 N–H and O–H groups in total. The molecule has 0 unspecified atom stereocenters. The first-order valence-corrected chi connectivity index (χ1v) is 13.0. The molecule has 0 aliphatic rings. The van der Waals surface area contributed by atoms with E-state index in [4.69, 9.17) is 4.74 Å². The van der Waals surface area contributed by atoms with Crippen LogP contribution in [0.3, 0.4) is 0 Å². The average Bonchev–Trinajstić information content (AvgIpc) is 3.31. The Morgan fingerprint density at radius 1 is 1.00 bits per heavy atom. The summed E-state index contributed by atoms with van der Waals surface area (Å²) in [4.78, 5) is 12.5. The van der Waals surface area contributed by atoms with Crippen molar-refractivity contribution in [1.29, 1.82) is 0 Å². The zero-order valence-corrected chi connectivity index (χ0v) is 22.5. The third-order valence-electron chi connectivity index (χ3n) is 5.79. The van der Waals surface area contributed by atoms with E-state index in [1.54, 1.807) is 13.3 Å². The van der Waals surface area contributed by atoms with Gasteiger partial charge in [-0.15, -0.1) is 10.2 Å². The van der Waals surface area contributed by atoms with E-state index >= 15 is 0 Å². The van der Waals surface area contributed by atoms with Crippen molar-refractivity contribution >= 4 is 23.9 Å². The van der Waals surface area contributed by atoms with Gasteiger partial charge in [0, 0.05) is 11.3 Å². The van der Waals surface area contributed by atoms with Crippen molar-refractivity contribution in [2.24, 2.45) is 5.10 Å². The fourth-order valence-corrected chi connectivity index (χ4v) is 4.37. The summed E-state index contributed by atoms with van der Waals surface area (Å²) in [5.74, 6) is 1.37. The Morgan fingerprint density at radius 3 is 2.30 bits per heavy atom. The van der Waals surface area contributed by atoms with Crippen molar-refractivity contribution in [3.63, 3.8) is 0 Å². The molecule has 7 nitrogen and oxygen atoms in total. The predicted molar refractivity (Wildman–Crippen MR) is 150 cm³/mol. The second-order valence-electron chi connectivity index (χ2n) is 9.66. The molecule has 0 aliphatic heterocycles. The van der Waals surface area contributed by atoms with Crippen LogP contribution in [0.15, 0.2) is 83.1 Å². The monoisotopic (exact) mass is 513 g/mol. The lowest BCUT2D eigenvalue weighted by Gasteiger charge is -2.18. The Kier molecular flexibility index (Phi) is 8.08. The molecule has 3 aromatic carbocycles. The maximum absolute atomic E-state index is 12.5. The van der Waals surface area contributed by atoms with Gasteiger partial charge in [0.1, 0.15) is 5.75 Å². The number of carbonyl (C=O) groups excluding carboxylic acids is 1. The number of aromatic nitrogens is 3. The van der Waals surface area contributed by atoms with Crippen LogP contribution in [0.2, 0.25) is 0 Å². The fourth-order valence-electron chi connectivity index (χ4n) is 3.63. The maximum Gasteiger partial charge on any atom is 0.250 e. The number of benzene rings is 3. The fraction of sp³-hybridized carbons (Fsp3) is 0.241. The number of nitrogens with zero attached hydrogens (tertiary/aromatic N) is 4. The molecule has 0 fully saturated rings. The second-order valence-corrected chi connectivity index (χ2v) is 10.6. The van der Waals surface area contributed by atoms with E-state index in [-0.39, 0.29) is 17.1 Å². The maximum atomic E-state index is 12.5. The SMILES string of the molecule is COc1ccc(-c2nnc(SCC(=O)N/N=C\c3ccc(C(C)(C)C)cc3)n2-c2ccc(C)cc2)cc1. The molecule has 0 saturated heterocycles. The van der Waals surface area contributed by atoms with E-state index in [1.807, 2.05) is 72.2 Å². The summed E-state index contributed by atoms with van der Waals surface area (Å²) in [6.07, 6.45) is 1.64. The highest BCUT2D eigenvalue weighted by molar-refractivity contribution is 7.99. The number of hydrogen-bond donors (Lipinski definition) is 1.